The second kappa shape index (κ2) is 10.6. The van der Waals surface area contributed by atoms with Crippen molar-refractivity contribution in [2.45, 2.75) is 38.5 Å². The van der Waals surface area contributed by atoms with E-state index in [0.29, 0.717) is 0 Å². The molecule has 0 unspecified atom stereocenters. The van der Waals surface area contributed by atoms with Gasteiger partial charge in [0.1, 0.15) is 7.05 Å². The SMILES string of the molecule is CN1/C(=C/C=C/C2=[N+](C)c3ccc(-c4nccc5ccccc45)cc3C2(C)C)C(C)(C)c2cc(-c3nccc4ccccc34)ccc21. The molecule has 0 saturated carbocycles. The summed E-state index contributed by atoms with van der Waals surface area (Å²) in [5.74, 6) is 0. The Morgan fingerprint density at radius 3 is 1.87 bits per heavy atom. The van der Waals surface area contributed by atoms with Gasteiger partial charge < -0.3 is 4.90 Å². The number of nitrogens with zero attached hydrogens (tertiary/aromatic N) is 4. The zero-order valence-electron chi connectivity index (χ0n) is 27.9. The van der Waals surface area contributed by atoms with E-state index in [2.05, 4.69) is 167 Å². The third-order valence-electron chi connectivity index (χ3n) is 10.5. The van der Waals surface area contributed by atoms with Crippen LogP contribution in [0.4, 0.5) is 11.4 Å². The molecule has 4 nitrogen and oxygen atoms in total. The minimum absolute atomic E-state index is 0.167. The largest absolute Gasteiger partial charge is 0.347 e. The Bertz CT molecular complexity index is 2330. The Kier molecular flexibility index (Phi) is 6.56. The van der Waals surface area contributed by atoms with Gasteiger partial charge in [-0.05, 0) is 72.7 Å². The zero-order chi connectivity index (χ0) is 32.5. The predicted molar refractivity (Wildman–Crippen MR) is 197 cm³/mol. The molecule has 0 spiro atoms. The first-order chi connectivity index (χ1) is 22.7. The summed E-state index contributed by atoms with van der Waals surface area (Å²) in [4.78, 5) is 12.0. The number of benzene rings is 4. The van der Waals surface area contributed by atoms with Gasteiger partial charge in [0.25, 0.3) is 0 Å². The van der Waals surface area contributed by atoms with Gasteiger partial charge in [-0.2, -0.15) is 4.58 Å². The summed E-state index contributed by atoms with van der Waals surface area (Å²) in [5.41, 5.74) is 11.7. The molecule has 0 amide bonds. The number of anilines is 1. The second-order valence-electron chi connectivity index (χ2n) is 13.9. The number of aromatic nitrogens is 2. The molecular weight excluding hydrogens is 573 g/mol. The van der Waals surface area contributed by atoms with Crippen LogP contribution in [0.5, 0.6) is 0 Å². The average Bonchev–Trinajstić information content (AvgIpc) is 3.40. The smallest absolute Gasteiger partial charge is 0.209 e. The molecule has 4 heterocycles. The summed E-state index contributed by atoms with van der Waals surface area (Å²) < 4.78 is 2.34. The van der Waals surface area contributed by atoms with Crippen LogP contribution in [0.2, 0.25) is 0 Å². The van der Waals surface area contributed by atoms with E-state index in [-0.39, 0.29) is 10.8 Å². The lowest BCUT2D eigenvalue weighted by Gasteiger charge is -2.24. The lowest BCUT2D eigenvalue weighted by molar-refractivity contribution is -0.401. The minimum Gasteiger partial charge on any atom is -0.347 e. The Hall–Kier alpha value is -5.35. The standard InChI is InChI=1S/C43H39N4/c1-42(2)34-26-30(40-32-14-9-7-12-28(32)22-24-44-40)18-20-36(34)46(5)38(42)16-11-17-39-43(3,4)35-27-31(19-21-37(35)47(39)6)41-33-15-10-8-13-29(33)23-25-45-41/h7-27H,1-6H3/q+1. The van der Waals surface area contributed by atoms with Crippen molar-refractivity contribution in [3.05, 3.63) is 145 Å². The molecule has 2 aliphatic rings. The van der Waals surface area contributed by atoms with E-state index in [1.165, 1.54) is 55.5 Å². The van der Waals surface area contributed by atoms with Crippen LogP contribution in [0.3, 0.4) is 0 Å². The van der Waals surface area contributed by atoms with Gasteiger partial charge in [-0.25, -0.2) is 0 Å². The first-order valence-electron chi connectivity index (χ1n) is 16.4. The normalized spacial score (nSPS) is 17.3. The van der Waals surface area contributed by atoms with Crippen molar-refractivity contribution in [2.24, 2.45) is 0 Å². The molecule has 2 aliphatic heterocycles. The maximum atomic E-state index is 4.81. The van der Waals surface area contributed by atoms with Crippen LogP contribution in [-0.4, -0.2) is 34.4 Å². The van der Waals surface area contributed by atoms with Gasteiger partial charge in [0, 0.05) is 75.8 Å². The quantitative estimate of drug-likeness (QED) is 0.186. The van der Waals surface area contributed by atoms with Crippen LogP contribution in [0.1, 0.15) is 38.8 Å². The van der Waals surface area contributed by atoms with Crippen molar-refractivity contribution in [3.63, 3.8) is 0 Å². The topological polar surface area (TPSA) is 32.0 Å². The molecule has 0 fully saturated rings. The van der Waals surface area contributed by atoms with Crippen LogP contribution >= 0.6 is 0 Å². The van der Waals surface area contributed by atoms with E-state index in [4.69, 9.17) is 9.97 Å². The highest BCUT2D eigenvalue weighted by Crippen LogP contribution is 2.48. The molecule has 0 N–H and O–H groups in total. The molecule has 0 aliphatic carbocycles. The number of rotatable bonds is 4. The maximum Gasteiger partial charge on any atom is 0.209 e. The zero-order valence-corrected chi connectivity index (χ0v) is 27.9. The number of allylic oxidation sites excluding steroid dienone is 4. The predicted octanol–water partition coefficient (Wildman–Crippen LogP) is 9.99. The van der Waals surface area contributed by atoms with Crippen LogP contribution < -0.4 is 4.90 Å². The van der Waals surface area contributed by atoms with E-state index in [9.17, 15) is 0 Å². The Morgan fingerprint density at radius 2 is 1.23 bits per heavy atom. The number of likely N-dealkylation sites (N-methyl/N-ethyl adjacent to an activating group) is 1. The molecule has 47 heavy (non-hydrogen) atoms. The van der Waals surface area contributed by atoms with Gasteiger partial charge in [-0.15, -0.1) is 0 Å². The van der Waals surface area contributed by atoms with E-state index in [1.807, 2.05) is 12.4 Å². The summed E-state index contributed by atoms with van der Waals surface area (Å²) in [7, 11) is 4.36. The third-order valence-corrected chi connectivity index (χ3v) is 10.5. The monoisotopic (exact) mass is 611 g/mol. The summed E-state index contributed by atoms with van der Waals surface area (Å²) in [6, 6.07) is 34.7. The van der Waals surface area contributed by atoms with Crippen molar-refractivity contribution in [1.29, 1.82) is 0 Å². The molecule has 0 saturated heterocycles. The first-order valence-corrected chi connectivity index (χ1v) is 16.4. The summed E-state index contributed by atoms with van der Waals surface area (Å²) >= 11 is 0. The fourth-order valence-corrected chi connectivity index (χ4v) is 7.90. The second-order valence-corrected chi connectivity index (χ2v) is 13.9. The molecule has 0 radical (unpaired) electrons. The fraction of sp³-hybridized carbons (Fsp3) is 0.186. The van der Waals surface area contributed by atoms with E-state index in [1.54, 1.807) is 0 Å². The van der Waals surface area contributed by atoms with E-state index >= 15 is 0 Å². The lowest BCUT2D eigenvalue weighted by atomic mass is 9.80. The first kappa shape index (κ1) is 29.1. The highest BCUT2D eigenvalue weighted by Gasteiger charge is 2.43. The van der Waals surface area contributed by atoms with Crippen LogP contribution in [-0.2, 0) is 10.8 Å². The van der Waals surface area contributed by atoms with Crippen molar-refractivity contribution >= 4 is 38.6 Å². The minimum atomic E-state index is -0.167. The number of hydrogen-bond acceptors (Lipinski definition) is 3. The summed E-state index contributed by atoms with van der Waals surface area (Å²) in [6.07, 6.45) is 10.6. The van der Waals surface area contributed by atoms with Crippen molar-refractivity contribution in [3.8, 4) is 22.5 Å². The highest BCUT2D eigenvalue weighted by molar-refractivity contribution is 6.04. The van der Waals surface area contributed by atoms with Crippen molar-refractivity contribution in [1.82, 2.24) is 9.97 Å². The Labute approximate surface area is 277 Å². The van der Waals surface area contributed by atoms with Crippen LogP contribution in [0.15, 0.2) is 133 Å². The molecule has 0 bridgehead atoms. The molecule has 8 rings (SSSR count). The summed E-state index contributed by atoms with van der Waals surface area (Å²) in [5, 5.41) is 4.78. The molecular formula is C43H39N4+. The summed E-state index contributed by atoms with van der Waals surface area (Å²) in [6.45, 7) is 9.30. The molecule has 6 aromatic rings. The van der Waals surface area contributed by atoms with Crippen LogP contribution in [0.25, 0.3) is 44.1 Å². The van der Waals surface area contributed by atoms with Gasteiger partial charge in [0.15, 0.2) is 5.71 Å². The molecule has 0 atom stereocenters. The lowest BCUT2D eigenvalue weighted by Crippen LogP contribution is -2.26. The van der Waals surface area contributed by atoms with Gasteiger partial charge in [0.05, 0.1) is 16.8 Å². The number of pyridine rings is 2. The third kappa shape index (κ3) is 4.46. The van der Waals surface area contributed by atoms with Crippen molar-refractivity contribution < 1.29 is 4.58 Å². The number of fused-ring (bicyclic) bond motifs is 4. The van der Waals surface area contributed by atoms with E-state index < -0.39 is 0 Å². The van der Waals surface area contributed by atoms with Gasteiger partial charge in [0.2, 0.25) is 5.69 Å². The van der Waals surface area contributed by atoms with Crippen LogP contribution in [0, 0.1) is 0 Å². The highest BCUT2D eigenvalue weighted by atomic mass is 15.2. The fourth-order valence-electron chi connectivity index (χ4n) is 7.90. The molecule has 4 heteroatoms. The van der Waals surface area contributed by atoms with Gasteiger partial charge >= 0.3 is 0 Å². The van der Waals surface area contributed by atoms with Gasteiger partial charge in [-0.1, -0.05) is 74.5 Å². The maximum absolute atomic E-state index is 4.81. The molecule has 2 aromatic heterocycles. The van der Waals surface area contributed by atoms with E-state index in [0.717, 1.165) is 22.5 Å². The Balaban J connectivity index is 1.11. The van der Waals surface area contributed by atoms with Gasteiger partial charge in [-0.3, -0.25) is 9.97 Å². The van der Waals surface area contributed by atoms with Crippen molar-refractivity contribution in [2.75, 3.05) is 19.0 Å². The Morgan fingerprint density at radius 1 is 0.660 bits per heavy atom. The number of hydrogen-bond donors (Lipinski definition) is 0. The molecule has 4 aromatic carbocycles. The average molecular weight is 612 g/mol. The molecule has 230 valence electrons.